The van der Waals surface area contributed by atoms with Gasteiger partial charge in [0.1, 0.15) is 5.69 Å². The van der Waals surface area contributed by atoms with Gasteiger partial charge >= 0.3 is 5.69 Å². The minimum absolute atomic E-state index is 0.0242. The molecule has 0 amide bonds. The minimum Gasteiger partial charge on any atom is -0.361 e. The first-order chi connectivity index (χ1) is 9.38. The molecule has 0 bridgehead atoms. The van der Waals surface area contributed by atoms with Crippen molar-refractivity contribution in [3.63, 3.8) is 0 Å². The van der Waals surface area contributed by atoms with Gasteiger partial charge in [-0.05, 0) is 44.5 Å². The van der Waals surface area contributed by atoms with Crippen LogP contribution in [0.2, 0.25) is 5.28 Å². The van der Waals surface area contributed by atoms with Crippen molar-refractivity contribution in [3.05, 3.63) is 21.1 Å². The van der Waals surface area contributed by atoms with Crippen LogP contribution in [0.1, 0.15) is 19.0 Å². The van der Waals surface area contributed by atoms with Crippen molar-refractivity contribution in [2.75, 3.05) is 25.5 Å². The molecule has 1 aromatic rings. The van der Waals surface area contributed by atoms with Gasteiger partial charge in [-0.1, -0.05) is 6.92 Å². The molecule has 0 saturated carbocycles. The number of aryl methyl sites for hydroxylation is 1. The van der Waals surface area contributed by atoms with E-state index in [2.05, 4.69) is 34.2 Å². The van der Waals surface area contributed by atoms with Crippen molar-refractivity contribution in [2.24, 2.45) is 5.92 Å². The summed E-state index contributed by atoms with van der Waals surface area (Å²) in [6.45, 7) is 5.58. The van der Waals surface area contributed by atoms with Crippen LogP contribution in [0, 0.1) is 23.0 Å². The molecule has 0 radical (unpaired) electrons. The molecule has 8 heteroatoms. The number of nitro groups is 1. The van der Waals surface area contributed by atoms with Crippen molar-refractivity contribution in [2.45, 2.75) is 26.3 Å². The Hall–Kier alpha value is -1.47. The predicted octanol–water partition coefficient (Wildman–Crippen LogP) is 2.10. The molecule has 2 atom stereocenters. The lowest BCUT2D eigenvalue weighted by Crippen LogP contribution is -2.43. The SMILES string of the molecule is Cc1nc(Cl)nc(NC2CCN(C)CC2C)c1[N+](=O)[O-]. The van der Waals surface area contributed by atoms with Crippen LogP contribution in [0.5, 0.6) is 0 Å². The van der Waals surface area contributed by atoms with E-state index < -0.39 is 4.92 Å². The highest BCUT2D eigenvalue weighted by molar-refractivity contribution is 6.28. The molecular formula is C12H18ClN5O2. The van der Waals surface area contributed by atoms with Gasteiger partial charge in [0.15, 0.2) is 0 Å². The summed E-state index contributed by atoms with van der Waals surface area (Å²) < 4.78 is 0. The molecule has 2 heterocycles. The van der Waals surface area contributed by atoms with Gasteiger partial charge in [-0.3, -0.25) is 10.1 Å². The summed E-state index contributed by atoms with van der Waals surface area (Å²) in [4.78, 5) is 20.8. The Labute approximate surface area is 122 Å². The average Bonchev–Trinajstić information content (AvgIpc) is 2.31. The van der Waals surface area contributed by atoms with E-state index in [0.717, 1.165) is 19.5 Å². The minimum atomic E-state index is -0.465. The normalized spacial score (nSPS) is 23.6. The molecular weight excluding hydrogens is 282 g/mol. The fourth-order valence-electron chi connectivity index (χ4n) is 2.60. The molecule has 110 valence electrons. The molecule has 2 unspecified atom stereocenters. The number of aromatic nitrogens is 2. The third kappa shape index (κ3) is 3.16. The molecule has 7 nitrogen and oxygen atoms in total. The molecule has 2 rings (SSSR count). The van der Waals surface area contributed by atoms with Crippen LogP contribution >= 0.6 is 11.6 Å². The molecule has 1 fully saturated rings. The van der Waals surface area contributed by atoms with Gasteiger partial charge in [-0.25, -0.2) is 4.98 Å². The number of anilines is 1. The maximum absolute atomic E-state index is 11.2. The van der Waals surface area contributed by atoms with Gasteiger partial charge in [0.25, 0.3) is 0 Å². The van der Waals surface area contributed by atoms with Crippen LogP contribution in [-0.2, 0) is 0 Å². The Balaban J connectivity index is 2.26. The Bertz CT molecular complexity index is 525. The smallest absolute Gasteiger partial charge is 0.332 e. The lowest BCUT2D eigenvalue weighted by Gasteiger charge is -2.35. The first kappa shape index (κ1) is 14.9. The highest BCUT2D eigenvalue weighted by Crippen LogP contribution is 2.29. The quantitative estimate of drug-likeness (QED) is 0.523. The number of rotatable bonds is 3. The van der Waals surface area contributed by atoms with Gasteiger partial charge in [0.05, 0.1) is 4.92 Å². The van der Waals surface area contributed by atoms with Crippen molar-refractivity contribution in [1.29, 1.82) is 0 Å². The van der Waals surface area contributed by atoms with Crippen LogP contribution in [0.3, 0.4) is 0 Å². The number of nitrogens with zero attached hydrogens (tertiary/aromatic N) is 4. The lowest BCUT2D eigenvalue weighted by atomic mass is 9.94. The van der Waals surface area contributed by atoms with E-state index >= 15 is 0 Å². The third-order valence-corrected chi connectivity index (χ3v) is 3.81. The van der Waals surface area contributed by atoms with Crippen molar-refractivity contribution in [3.8, 4) is 0 Å². The Morgan fingerprint density at radius 3 is 2.80 bits per heavy atom. The van der Waals surface area contributed by atoms with Crippen LogP contribution in [0.15, 0.2) is 0 Å². The monoisotopic (exact) mass is 299 g/mol. The fraction of sp³-hybridized carbons (Fsp3) is 0.667. The first-order valence-electron chi connectivity index (χ1n) is 6.52. The van der Waals surface area contributed by atoms with Crippen LogP contribution in [-0.4, -0.2) is 46.0 Å². The zero-order chi connectivity index (χ0) is 14.9. The van der Waals surface area contributed by atoms with Crippen LogP contribution in [0.4, 0.5) is 11.5 Å². The molecule has 1 aliphatic heterocycles. The highest BCUT2D eigenvalue weighted by Gasteiger charge is 2.28. The molecule has 1 saturated heterocycles. The maximum atomic E-state index is 11.2. The van der Waals surface area contributed by atoms with Crippen LogP contribution < -0.4 is 5.32 Å². The zero-order valence-corrected chi connectivity index (χ0v) is 12.5. The van der Waals surface area contributed by atoms with E-state index in [-0.39, 0.29) is 28.5 Å². The van der Waals surface area contributed by atoms with Gasteiger partial charge in [0, 0.05) is 12.6 Å². The second kappa shape index (κ2) is 5.88. The number of likely N-dealkylation sites (tertiary alicyclic amines) is 1. The van der Waals surface area contributed by atoms with Gasteiger partial charge in [-0.15, -0.1) is 0 Å². The second-order valence-electron chi connectivity index (χ2n) is 5.31. The molecule has 0 aliphatic carbocycles. The average molecular weight is 300 g/mol. The Kier molecular flexibility index (Phi) is 4.39. The summed E-state index contributed by atoms with van der Waals surface area (Å²) in [6.07, 6.45) is 0.912. The first-order valence-corrected chi connectivity index (χ1v) is 6.90. The summed E-state index contributed by atoms with van der Waals surface area (Å²) in [7, 11) is 2.07. The topological polar surface area (TPSA) is 84.2 Å². The van der Waals surface area contributed by atoms with E-state index in [9.17, 15) is 10.1 Å². The third-order valence-electron chi connectivity index (χ3n) is 3.64. The van der Waals surface area contributed by atoms with Crippen molar-refractivity contribution < 1.29 is 4.92 Å². The van der Waals surface area contributed by atoms with Gasteiger partial charge in [0.2, 0.25) is 11.1 Å². The fourth-order valence-corrected chi connectivity index (χ4v) is 2.81. The predicted molar refractivity (Wildman–Crippen MR) is 77.1 cm³/mol. The summed E-state index contributed by atoms with van der Waals surface area (Å²) in [5, 5.41) is 14.4. The van der Waals surface area contributed by atoms with E-state index in [1.165, 1.54) is 0 Å². The van der Waals surface area contributed by atoms with Gasteiger partial charge in [-0.2, -0.15) is 4.98 Å². The summed E-state index contributed by atoms with van der Waals surface area (Å²) in [6, 6.07) is 0.148. The Morgan fingerprint density at radius 1 is 1.50 bits per heavy atom. The highest BCUT2D eigenvalue weighted by atomic mass is 35.5. The summed E-state index contributed by atoms with van der Waals surface area (Å²) in [5.74, 6) is 0.594. The number of nitrogens with one attached hydrogen (secondary N) is 1. The molecule has 0 spiro atoms. The van der Waals surface area contributed by atoms with E-state index in [1.54, 1.807) is 6.92 Å². The van der Waals surface area contributed by atoms with E-state index in [4.69, 9.17) is 11.6 Å². The largest absolute Gasteiger partial charge is 0.361 e. The number of hydrogen-bond acceptors (Lipinski definition) is 6. The molecule has 0 aromatic carbocycles. The lowest BCUT2D eigenvalue weighted by molar-refractivity contribution is -0.385. The molecule has 1 aromatic heterocycles. The standard InChI is InChI=1S/C12H18ClN5O2/c1-7-6-17(3)5-4-9(7)15-11-10(18(19)20)8(2)14-12(13)16-11/h7,9H,4-6H2,1-3H3,(H,14,15,16). The van der Waals surface area contributed by atoms with Crippen molar-refractivity contribution >= 4 is 23.1 Å². The number of halogens is 1. The van der Waals surface area contributed by atoms with Crippen molar-refractivity contribution in [1.82, 2.24) is 14.9 Å². The van der Waals surface area contributed by atoms with Crippen LogP contribution in [0.25, 0.3) is 0 Å². The summed E-state index contributed by atoms with van der Waals surface area (Å²) >= 11 is 5.81. The summed E-state index contributed by atoms with van der Waals surface area (Å²) in [5.41, 5.74) is 0.179. The molecule has 1 aliphatic rings. The van der Waals surface area contributed by atoms with E-state index in [1.807, 2.05) is 0 Å². The zero-order valence-electron chi connectivity index (χ0n) is 11.8. The van der Waals surface area contributed by atoms with Gasteiger partial charge < -0.3 is 10.2 Å². The maximum Gasteiger partial charge on any atom is 0.332 e. The molecule has 20 heavy (non-hydrogen) atoms. The van der Waals surface area contributed by atoms with E-state index in [0.29, 0.717) is 5.92 Å². The number of hydrogen-bond donors (Lipinski definition) is 1. The molecule has 1 N–H and O–H groups in total. The second-order valence-corrected chi connectivity index (χ2v) is 5.65. The Morgan fingerprint density at radius 2 is 2.20 bits per heavy atom. The number of piperidine rings is 1.